The standard InChI is InChI=1S/C16H17N3O3/c1-10-5-6-11(16(21)22)8-13(10)18-15(20)12-9-17-19-7-3-2-4-14(12)19/h5-6,8-9H,2-4,7H2,1H3,(H,18,20)(H,21,22). The maximum atomic E-state index is 12.5. The van der Waals surface area contributed by atoms with Gasteiger partial charge in [-0.3, -0.25) is 9.48 Å². The minimum absolute atomic E-state index is 0.151. The average molecular weight is 299 g/mol. The van der Waals surface area contributed by atoms with E-state index in [0.717, 1.165) is 37.1 Å². The molecule has 1 amide bonds. The summed E-state index contributed by atoms with van der Waals surface area (Å²) < 4.78 is 1.87. The Labute approximate surface area is 127 Å². The topological polar surface area (TPSA) is 84.2 Å². The number of nitrogens with zero attached hydrogens (tertiary/aromatic N) is 2. The van der Waals surface area contributed by atoms with Crippen LogP contribution in [0.3, 0.4) is 0 Å². The summed E-state index contributed by atoms with van der Waals surface area (Å²) in [7, 11) is 0. The Morgan fingerprint density at radius 2 is 2.14 bits per heavy atom. The second-order valence-corrected chi connectivity index (χ2v) is 5.47. The number of carbonyl (C=O) groups is 2. The molecule has 6 heteroatoms. The number of hydrogen-bond donors (Lipinski definition) is 2. The molecule has 0 atom stereocenters. The van der Waals surface area contributed by atoms with Gasteiger partial charge in [0.05, 0.1) is 23.0 Å². The van der Waals surface area contributed by atoms with E-state index >= 15 is 0 Å². The minimum atomic E-state index is -1.02. The zero-order chi connectivity index (χ0) is 15.7. The number of rotatable bonds is 3. The predicted octanol–water partition coefficient (Wildman–Crippen LogP) is 2.48. The van der Waals surface area contributed by atoms with Gasteiger partial charge in [-0.25, -0.2) is 4.79 Å². The van der Waals surface area contributed by atoms with Gasteiger partial charge in [-0.05, 0) is 43.9 Å². The molecule has 2 N–H and O–H groups in total. The zero-order valence-electron chi connectivity index (χ0n) is 12.3. The maximum absolute atomic E-state index is 12.5. The Balaban J connectivity index is 1.87. The van der Waals surface area contributed by atoms with Crippen LogP contribution in [0, 0.1) is 6.92 Å². The number of hydrogen-bond acceptors (Lipinski definition) is 3. The Morgan fingerprint density at radius 3 is 2.91 bits per heavy atom. The fourth-order valence-electron chi connectivity index (χ4n) is 2.69. The molecule has 0 fully saturated rings. The molecule has 0 spiro atoms. The molecule has 2 aromatic rings. The first-order chi connectivity index (χ1) is 10.6. The number of nitrogens with one attached hydrogen (secondary N) is 1. The third-order valence-electron chi connectivity index (χ3n) is 3.96. The number of aromatic nitrogens is 2. The lowest BCUT2D eigenvalue weighted by Crippen LogP contribution is -2.18. The van der Waals surface area contributed by atoms with Gasteiger partial charge in [0.2, 0.25) is 0 Å². The number of carboxylic acid groups (broad SMARTS) is 1. The highest BCUT2D eigenvalue weighted by Crippen LogP contribution is 2.21. The van der Waals surface area contributed by atoms with Crippen LogP contribution in [0.4, 0.5) is 5.69 Å². The van der Waals surface area contributed by atoms with E-state index in [1.165, 1.54) is 12.1 Å². The number of carboxylic acids is 1. The van der Waals surface area contributed by atoms with Crippen LogP contribution < -0.4 is 5.32 Å². The molecule has 22 heavy (non-hydrogen) atoms. The summed E-state index contributed by atoms with van der Waals surface area (Å²) in [5, 5.41) is 16.1. The second kappa shape index (κ2) is 5.63. The number of aryl methyl sites for hydroxylation is 2. The summed E-state index contributed by atoms with van der Waals surface area (Å²) in [6.07, 6.45) is 4.57. The smallest absolute Gasteiger partial charge is 0.335 e. The fourth-order valence-corrected chi connectivity index (χ4v) is 2.69. The van der Waals surface area contributed by atoms with E-state index < -0.39 is 5.97 Å². The Kier molecular flexibility index (Phi) is 3.66. The van der Waals surface area contributed by atoms with Crippen molar-refractivity contribution in [3.63, 3.8) is 0 Å². The van der Waals surface area contributed by atoms with Crippen LogP contribution in [0.1, 0.15) is 44.8 Å². The number of benzene rings is 1. The van der Waals surface area contributed by atoms with Gasteiger partial charge in [-0.15, -0.1) is 0 Å². The normalized spacial score (nSPS) is 13.5. The van der Waals surface area contributed by atoms with Crippen molar-refractivity contribution in [2.24, 2.45) is 0 Å². The Bertz CT molecular complexity index is 749. The summed E-state index contributed by atoms with van der Waals surface area (Å²) in [6.45, 7) is 2.67. The first-order valence-electron chi connectivity index (χ1n) is 7.26. The van der Waals surface area contributed by atoms with Crippen LogP contribution in [-0.4, -0.2) is 26.8 Å². The third-order valence-corrected chi connectivity index (χ3v) is 3.96. The van der Waals surface area contributed by atoms with Crippen LogP contribution in [-0.2, 0) is 13.0 Å². The van der Waals surface area contributed by atoms with Crippen molar-refractivity contribution in [2.45, 2.75) is 32.7 Å². The lowest BCUT2D eigenvalue weighted by atomic mass is 10.1. The van der Waals surface area contributed by atoms with Crippen molar-refractivity contribution >= 4 is 17.6 Å². The molecule has 3 rings (SSSR count). The lowest BCUT2D eigenvalue weighted by molar-refractivity contribution is 0.0696. The summed E-state index contributed by atoms with van der Waals surface area (Å²) in [5.74, 6) is -1.26. The molecule has 0 saturated carbocycles. The average Bonchev–Trinajstić information content (AvgIpc) is 2.93. The molecule has 2 heterocycles. The Morgan fingerprint density at radius 1 is 1.32 bits per heavy atom. The van der Waals surface area contributed by atoms with E-state index in [2.05, 4.69) is 10.4 Å². The third kappa shape index (κ3) is 2.59. The highest BCUT2D eigenvalue weighted by Gasteiger charge is 2.20. The molecule has 1 aliphatic heterocycles. The number of anilines is 1. The molecule has 114 valence electrons. The number of fused-ring (bicyclic) bond motifs is 1. The van der Waals surface area contributed by atoms with Gasteiger partial charge in [-0.1, -0.05) is 6.07 Å². The number of carbonyl (C=O) groups excluding carboxylic acids is 1. The summed E-state index contributed by atoms with van der Waals surface area (Å²) in [4.78, 5) is 23.5. The van der Waals surface area contributed by atoms with Crippen molar-refractivity contribution in [3.05, 3.63) is 46.8 Å². The molecule has 0 aliphatic carbocycles. The second-order valence-electron chi connectivity index (χ2n) is 5.47. The molecule has 6 nitrogen and oxygen atoms in total. The van der Waals surface area contributed by atoms with E-state index in [-0.39, 0.29) is 11.5 Å². The molecular weight excluding hydrogens is 282 g/mol. The highest BCUT2D eigenvalue weighted by atomic mass is 16.4. The van der Waals surface area contributed by atoms with Gasteiger partial charge in [0.25, 0.3) is 5.91 Å². The van der Waals surface area contributed by atoms with E-state index in [9.17, 15) is 9.59 Å². The van der Waals surface area contributed by atoms with Crippen LogP contribution in [0.15, 0.2) is 24.4 Å². The van der Waals surface area contributed by atoms with Crippen molar-refractivity contribution in [3.8, 4) is 0 Å². The fraction of sp³-hybridized carbons (Fsp3) is 0.312. The van der Waals surface area contributed by atoms with Gasteiger partial charge in [-0.2, -0.15) is 5.10 Å². The van der Waals surface area contributed by atoms with Crippen molar-refractivity contribution in [1.82, 2.24) is 9.78 Å². The minimum Gasteiger partial charge on any atom is -0.478 e. The largest absolute Gasteiger partial charge is 0.478 e. The monoisotopic (exact) mass is 299 g/mol. The van der Waals surface area contributed by atoms with Crippen molar-refractivity contribution < 1.29 is 14.7 Å². The van der Waals surface area contributed by atoms with Crippen molar-refractivity contribution in [1.29, 1.82) is 0 Å². The van der Waals surface area contributed by atoms with Gasteiger partial charge >= 0.3 is 5.97 Å². The molecule has 1 aliphatic rings. The first kappa shape index (κ1) is 14.3. The van der Waals surface area contributed by atoms with Gasteiger partial charge < -0.3 is 10.4 Å². The quantitative estimate of drug-likeness (QED) is 0.912. The molecule has 0 radical (unpaired) electrons. The molecule has 1 aromatic carbocycles. The molecule has 1 aromatic heterocycles. The highest BCUT2D eigenvalue weighted by molar-refractivity contribution is 6.05. The van der Waals surface area contributed by atoms with E-state index in [4.69, 9.17) is 5.11 Å². The SMILES string of the molecule is Cc1ccc(C(=O)O)cc1NC(=O)c1cnn2c1CCCC2. The maximum Gasteiger partial charge on any atom is 0.335 e. The van der Waals surface area contributed by atoms with Gasteiger partial charge in [0, 0.05) is 12.2 Å². The molecule has 0 bridgehead atoms. The van der Waals surface area contributed by atoms with Gasteiger partial charge in [0.1, 0.15) is 0 Å². The molecular formula is C16H17N3O3. The molecule has 0 unspecified atom stereocenters. The van der Waals surface area contributed by atoms with E-state index in [0.29, 0.717) is 11.3 Å². The first-order valence-corrected chi connectivity index (χ1v) is 7.26. The van der Waals surface area contributed by atoms with E-state index in [1.807, 2.05) is 11.6 Å². The zero-order valence-corrected chi connectivity index (χ0v) is 12.3. The van der Waals surface area contributed by atoms with Crippen LogP contribution in [0.5, 0.6) is 0 Å². The Hall–Kier alpha value is -2.63. The lowest BCUT2D eigenvalue weighted by Gasteiger charge is -2.15. The summed E-state index contributed by atoms with van der Waals surface area (Å²) in [5.41, 5.74) is 3.01. The number of aromatic carboxylic acids is 1. The van der Waals surface area contributed by atoms with Crippen LogP contribution >= 0.6 is 0 Å². The molecule has 0 saturated heterocycles. The van der Waals surface area contributed by atoms with Crippen LogP contribution in [0.25, 0.3) is 0 Å². The van der Waals surface area contributed by atoms with E-state index in [1.54, 1.807) is 12.3 Å². The predicted molar refractivity (Wildman–Crippen MR) is 81.3 cm³/mol. The number of amides is 1. The summed E-state index contributed by atoms with van der Waals surface area (Å²) >= 11 is 0. The van der Waals surface area contributed by atoms with Gasteiger partial charge in [0.15, 0.2) is 0 Å². The van der Waals surface area contributed by atoms with Crippen molar-refractivity contribution in [2.75, 3.05) is 5.32 Å². The van der Waals surface area contributed by atoms with Crippen LogP contribution in [0.2, 0.25) is 0 Å². The summed E-state index contributed by atoms with van der Waals surface area (Å²) in [6, 6.07) is 4.69.